The van der Waals surface area contributed by atoms with Gasteiger partial charge >= 0.3 is 0 Å². The number of carbonyl (C=O) groups excluding carboxylic acids is 1. The van der Waals surface area contributed by atoms with E-state index in [1.54, 1.807) is 11.8 Å². The summed E-state index contributed by atoms with van der Waals surface area (Å²) in [6, 6.07) is 6.68. The first-order valence-corrected chi connectivity index (χ1v) is 8.20. The molecule has 0 heterocycles. The van der Waals surface area contributed by atoms with Crippen LogP contribution in [-0.2, 0) is 4.79 Å². The van der Waals surface area contributed by atoms with Crippen LogP contribution in [0, 0.1) is 13.8 Å². The number of benzene rings is 1. The Hall–Kier alpha value is -1.00. The molecule has 1 amide bonds. The zero-order valence-corrected chi connectivity index (χ0v) is 13.1. The van der Waals surface area contributed by atoms with Gasteiger partial charge in [0.15, 0.2) is 0 Å². The second-order valence-electron chi connectivity index (χ2n) is 5.45. The molecular formula is C16H23NO2S. The Morgan fingerprint density at radius 3 is 2.75 bits per heavy atom. The molecule has 20 heavy (non-hydrogen) atoms. The molecule has 0 spiro atoms. The Kier molecular flexibility index (Phi) is 5.49. The van der Waals surface area contributed by atoms with Crippen molar-refractivity contribution in [1.82, 2.24) is 4.90 Å². The van der Waals surface area contributed by atoms with Crippen LogP contribution in [-0.4, -0.2) is 40.9 Å². The number of amides is 1. The molecule has 0 radical (unpaired) electrons. The van der Waals surface area contributed by atoms with Crippen molar-refractivity contribution in [2.45, 2.75) is 44.0 Å². The predicted octanol–water partition coefficient (Wildman–Crippen LogP) is 2.77. The maximum atomic E-state index is 12.3. The average Bonchev–Trinajstić information content (AvgIpc) is 2.37. The van der Waals surface area contributed by atoms with Crippen molar-refractivity contribution in [3.05, 3.63) is 29.3 Å². The Labute approximate surface area is 125 Å². The lowest BCUT2D eigenvalue weighted by Crippen LogP contribution is -2.46. The van der Waals surface area contributed by atoms with Gasteiger partial charge in [-0.2, -0.15) is 0 Å². The van der Waals surface area contributed by atoms with Gasteiger partial charge in [-0.1, -0.05) is 17.7 Å². The van der Waals surface area contributed by atoms with E-state index < -0.39 is 0 Å². The maximum absolute atomic E-state index is 12.3. The molecule has 2 rings (SSSR count). The van der Waals surface area contributed by atoms with Crippen LogP contribution >= 0.6 is 11.8 Å². The van der Waals surface area contributed by atoms with Gasteiger partial charge in [0.1, 0.15) is 0 Å². The third kappa shape index (κ3) is 3.76. The monoisotopic (exact) mass is 293 g/mol. The van der Waals surface area contributed by atoms with Gasteiger partial charge in [-0.25, -0.2) is 0 Å². The Morgan fingerprint density at radius 2 is 2.15 bits per heavy atom. The van der Waals surface area contributed by atoms with E-state index >= 15 is 0 Å². The lowest BCUT2D eigenvalue weighted by atomic mass is 9.91. The number of carbonyl (C=O) groups is 1. The highest BCUT2D eigenvalue weighted by molar-refractivity contribution is 8.00. The van der Waals surface area contributed by atoms with Crippen molar-refractivity contribution in [2.24, 2.45) is 0 Å². The van der Waals surface area contributed by atoms with Gasteiger partial charge in [0.05, 0.1) is 12.4 Å². The smallest absolute Gasteiger partial charge is 0.233 e. The molecule has 1 aliphatic rings. The highest BCUT2D eigenvalue weighted by Crippen LogP contribution is 2.27. The Bertz CT molecular complexity index is 472. The summed E-state index contributed by atoms with van der Waals surface area (Å²) in [6.45, 7) is 4.66. The van der Waals surface area contributed by atoms with Crippen LogP contribution in [0.4, 0.5) is 0 Å². The zero-order chi connectivity index (χ0) is 14.5. The predicted molar refractivity (Wildman–Crippen MR) is 83.1 cm³/mol. The molecule has 0 bridgehead atoms. The lowest BCUT2D eigenvalue weighted by molar-refractivity contribution is -0.132. The van der Waals surface area contributed by atoms with Crippen LogP contribution in [0.1, 0.15) is 30.4 Å². The molecular weight excluding hydrogens is 270 g/mol. The number of aryl methyl sites for hydroxylation is 2. The number of rotatable bonds is 6. The van der Waals surface area contributed by atoms with Crippen molar-refractivity contribution in [3.8, 4) is 0 Å². The minimum absolute atomic E-state index is 0.0520. The van der Waals surface area contributed by atoms with E-state index in [-0.39, 0.29) is 12.5 Å². The van der Waals surface area contributed by atoms with Gasteiger partial charge in [-0.05, 0) is 44.7 Å². The molecule has 1 aromatic carbocycles. The van der Waals surface area contributed by atoms with E-state index in [1.807, 2.05) is 4.90 Å². The van der Waals surface area contributed by atoms with Crippen LogP contribution in [0.3, 0.4) is 0 Å². The minimum Gasteiger partial charge on any atom is -0.395 e. The maximum Gasteiger partial charge on any atom is 0.233 e. The summed E-state index contributed by atoms with van der Waals surface area (Å²) in [5.41, 5.74) is 2.43. The topological polar surface area (TPSA) is 40.5 Å². The fourth-order valence-electron chi connectivity index (χ4n) is 2.40. The van der Waals surface area contributed by atoms with Gasteiger partial charge in [0.25, 0.3) is 0 Å². The molecule has 0 unspecified atom stereocenters. The van der Waals surface area contributed by atoms with E-state index in [0.717, 1.165) is 12.8 Å². The molecule has 1 aliphatic carbocycles. The molecule has 0 aromatic heterocycles. The second kappa shape index (κ2) is 7.14. The summed E-state index contributed by atoms with van der Waals surface area (Å²) in [5.74, 6) is 0.607. The minimum atomic E-state index is 0.0520. The molecule has 1 fully saturated rings. The number of aliphatic hydroxyl groups is 1. The first-order valence-electron chi connectivity index (χ1n) is 7.22. The van der Waals surface area contributed by atoms with Crippen LogP contribution < -0.4 is 0 Å². The van der Waals surface area contributed by atoms with E-state index in [0.29, 0.717) is 18.3 Å². The highest BCUT2D eigenvalue weighted by Gasteiger charge is 2.28. The van der Waals surface area contributed by atoms with Crippen molar-refractivity contribution >= 4 is 17.7 Å². The molecule has 0 atom stereocenters. The largest absolute Gasteiger partial charge is 0.395 e. The number of hydrogen-bond donors (Lipinski definition) is 1. The molecule has 4 heteroatoms. The molecule has 3 nitrogen and oxygen atoms in total. The van der Waals surface area contributed by atoms with Crippen molar-refractivity contribution in [3.63, 3.8) is 0 Å². The van der Waals surface area contributed by atoms with Crippen LogP contribution in [0.25, 0.3) is 0 Å². The van der Waals surface area contributed by atoms with Gasteiger partial charge in [-0.15, -0.1) is 11.8 Å². The molecule has 1 saturated carbocycles. The standard InChI is InChI=1S/C16H23NO2S/c1-12-6-7-13(2)15(10-12)20-11-16(19)17(8-9-18)14-4-3-5-14/h6-7,10,14,18H,3-5,8-9,11H2,1-2H3. The normalized spacial score (nSPS) is 14.9. The van der Waals surface area contributed by atoms with Gasteiger partial charge in [0.2, 0.25) is 5.91 Å². The molecule has 0 saturated heterocycles. The second-order valence-corrected chi connectivity index (χ2v) is 6.47. The quantitative estimate of drug-likeness (QED) is 0.820. The van der Waals surface area contributed by atoms with Crippen LogP contribution in [0.5, 0.6) is 0 Å². The zero-order valence-electron chi connectivity index (χ0n) is 12.3. The van der Waals surface area contributed by atoms with Crippen molar-refractivity contribution < 1.29 is 9.90 Å². The van der Waals surface area contributed by atoms with Crippen molar-refractivity contribution in [1.29, 1.82) is 0 Å². The lowest BCUT2D eigenvalue weighted by Gasteiger charge is -2.37. The fraction of sp³-hybridized carbons (Fsp3) is 0.562. The van der Waals surface area contributed by atoms with Gasteiger partial charge < -0.3 is 10.0 Å². The number of nitrogens with zero attached hydrogens (tertiary/aromatic N) is 1. The fourth-order valence-corrected chi connectivity index (χ4v) is 3.41. The molecule has 0 aliphatic heterocycles. The number of aliphatic hydroxyl groups excluding tert-OH is 1. The van der Waals surface area contributed by atoms with Crippen LogP contribution in [0.15, 0.2) is 23.1 Å². The number of hydrogen-bond acceptors (Lipinski definition) is 3. The molecule has 110 valence electrons. The highest BCUT2D eigenvalue weighted by atomic mass is 32.2. The third-order valence-corrected chi connectivity index (χ3v) is 5.01. The molecule has 1 N–H and O–H groups in total. The van der Waals surface area contributed by atoms with E-state index in [1.165, 1.54) is 22.4 Å². The summed E-state index contributed by atoms with van der Waals surface area (Å²) >= 11 is 1.60. The average molecular weight is 293 g/mol. The Morgan fingerprint density at radius 1 is 1.40 bits per heavy atom. The SMILES string of the molecule is Cc1ccc(C)c(SCC(=O)N(CCO)C2CCC2)c1. The molecule has 1 aromatic rings. The van der Waals surface area contributed by atoms with E-state index in [2.05, 4.69) is 32.0 Å². The number of thioether (sulfide) groups is 1. The van der Waals surface area contributed by atoms with Crippen molar-refractivity contribution in [2.75, 3.05) is 18.9 Å². The van der Waals surface area contributed by atoms with Crippen LogP contribution in [0.2, 0.25) is 0 Å². The summed E-state index contributed by atoms with van der Waals surface area (Å²) in [6.07, 6.45) is 3.36. The van der Waals surface area contributed by atoms with E-state index in [9.17, 15) is 4.79 Å². The van der Waals surface area contributed by atoms with Gasteiger partial charge in [0, 0.05) is 17.5 Å². The first-order chi connectivity index (χ1) is 9.61. The Balaban J connectivity index is 1.94. The third-order valence-electron chi connectivity index (χ3n) is 3.87. The first kappa shape index (κ1) is 15.4. The summed E-state index contributed by atoms with van der Waals surface area (Å²) < 4.78 is 0. The summed E-state index contributed by atoms with van der Waals surface area (Å²) in [4.78, 5) is 15.4. The summed E-state index contributed by atoms with van der Waals surface area (Å²) in [5, 5.41) is 9.12. The van der Waals surface area contributed by atoms with E-state index in [4.69, 9.17) is 5.11 Å². The summed E-state index contributed by atoms with van der Waals surface area (Å²) in [7, 11) is 0. The van der Waals surface area contributed by atoms with Gasteiger partial charge in [-0.3, -0.25) is 4.79 Å².